The Labute approximate surface area is 172 Å². The van der Waals surface area contributed by atoms with Crippen LogP contribution in [0.2, 0.25) is 0 Å². The van der Waals surface area contributed by atoms with Crippen LogP contribution in [0.4, 0.5) is 11.4 Å². The van der Waals surface area contributed by atoms with Crippen LogP contribution in [0.1, 0.15) is 31.7 Å². The second-order valence-corrected chi connectivity index (χ2v) is 7.30. The van der Waals surface area contributed by atoms with Crippen molar-refractivity contribution in [1.82, 2.24) is 4.90 Å². The summed E-state index contributed by atoms with van der Waals surface area (Å²) in [4.78, 5) is 29.1. The minimum atomic E-state index is -0.577. The number of hydrogen-bond acceptors (Lipinski definition) is 4. The summed E-state index contributed by atoms with van der Waals surface area (Å²) in [5.74, 6) is 0.0628. The first kappa shape index (κ1) is 20.7. The van der Waals surface area contributed by atoms with Crippen LogP contribution in [-0.4, -0.2) is 50.0 Å². The lowest BCUT2D eigenvalue weighted by atomic mass is 9.97. The van der Waals surface area contributed by atoms with Crippen molar-refractivity contribution in [1.29, 1.82) is 0 Å². The van der Waals surface area contributed by atoms with E-state index in [4.69, 9.17) is 4.74 Å². The molecule has 154 valence electrons. The zero-order valence-electron chi connectivity index (χ0n) is 17.4. The van der Waals surface area contributed by atoms with Gasteiger partial charge in [0.2, 0.25) is 0 Å². The third kappa shape index (κ3) is 4.70. The van der Waals surface area contributed by atoms with E-state index in [9.17, 15) is 9.59 Å². The number of nitrogens with zero attached hydrogens (tertiary/aromatic N) is 2. The molecule has 0 spiro atoms. The molecule has 1 unspecified atom stereocenters. The van der Waals surface area contributed by atoms with Gasteiger partial charge in [0.1, 0.15) is 5.75 Å². The Bertz CT molecular complexity index is 860. The number of carbonyl (C=O) groups is 2. The van der Waals surface area contributed by atoms with E-state index in [1.165, 1.54) is 0 Å². The molecule has 1 fully saturated rings. The van der Waals surface area contributed by atoms with Crippen molar-refractivity contribution in [2.45, 2.75) is 26.2 Å². The fourth-order valence-corrected chi connectivity index (χ4v) is 3.62. The maximum Gasteiger partial charge on any atom is 0.313 e. The van der Waals surface area contributed by atoms with Crippen molar-refractivity contribution in [2.75, 3.05) is 43.5 Å². The minimum absolute atomic E-state index is 0.311. The van der Waals surface area contributed by atoms with E-state index in [1.807, 2.05) is 48.5 Å². The van der Waals surface area contributed by atoms with Crippen molar-refractivity contribution in [3.8, 4) is 5.75 Å². The fraction of sp³-hybridized carbons (Fsp3) is 0.391. The Balaban J connectivity index is 1.62. The lowest BCUT2D eigenvalue weighted by molar-refractivity contribution is -0.143. The number of benzene rings is 2. The lowest BCUT2D eigenvalue weighted by Crippen LogP contribution is -2.51. The number of rotatable bonds is 5. The van der Waals surface area contributed by atoms with Crippen LogP contribution in [0.3, 0.4) is 0 Å². The van der Waals surface area contributed by atoms with Crippen LogP contribution in [0.5, 0.6) is 5.75 Å². The summed E-state index contributed by atoms with van der Waals surface area (Å²) in [6.45, 7) is 6.53. The van der Waals surface area contributed by atoms with Crippen LogP contribution in [0.25, 0.3) is 0 Å². The molecule has 6 heteroatoms. The molecule has 1 saturated heterocycles. The smallest absolute Gasteiger partial charge is 0.313 e. The summed E-state index contributed by atoms with van der Waals surface area (Å²) in [7, 11) is 1.65. The minimum Gasteiger partial charge on any atom is -0.495 e. The number of methoxy groups -OCH3 is 1. The molecular formula is C23H29N3O3. The second-order valence-electron chi connectivity index (χ2n) is 7.30. The summed E-state index contributed by atoms with van der Waals surface area (Å²) >= 11 is 0. The Kier molecular flexibility index (Phi) is 6.75. The third-order valence-electron chi connectivity index (χ3n) is 5.54. The van der Waals surface area contributed by atoms with E-state index in [1.54, 1.807) is 12.0 Å². The number of carbonyl (C=O) groups excluding carboxylic acids is 2. The normalized spacial score (nSPS) is 15.0. The van der Waals surface area contributed by atoms with E-state index in [0.717, 1.165) is 23.4 Å². The highest BCUT2D eigenvalue weighted by Crippen LogP contribution is 2.29. The van der Waals surface area contributed by atoms with Crippen LogP contribution < -0.4 is 15.0 Å². The largest absolute Gasteiger partial charge is 0.495 e. The number of anilines is 2. The molecule has 6 nitrogen and oxygen atoms in total. The topological polar surface area (TPSA) is 61.9 Å². The van der Waals surface area contributed by atoms with Crippen LogP contribution >= 0.6 is 0 Å². The molecule has 29 heavy (non-hydrogen) atoms. The van der Waals surface area contributed by atoms with Gasteiger partial charge in [0.25, 0.3) is 0 Å². The molecule has 0 saturated carbocycles. The molecule has 1 aliphatic rings. The SMILES string of the molecule is CCC(C)c1ccccc1NC(=O)C(=O)N1CCN(c2ccccc2OC)CC1. The van der Waals surface area contributed by atoms with Gasteiger partial charge in [-0.3, -0.25) is 9.59 Å². The summed E-state index contributed by atoms with van der Waals surface area (Å²) in [6, 6.07) is 15.5. The molecule has 1 N–H and O–H groups in total. The predicted octanol–water partition coefficient (Wildman–Crippen LogP) is 3.50. The number of nitrogens with one attached hydrogen (secondary N) is 1. The summed E-state index contributed by atoms with van der Waals surface area (Å²) in [5.41, 5.74) is 2.78. The van der Waals surface area contributed by atoms with Crippen LogP contribution in [0, 0.1) is 0 Å². The van der Waals surface area contributed by atoms with E-state index in [2.05, 4.69) is 24.1 Å². The molecule has 2 aromatic carbocycles. The highest BCUT2D eigenvalue weighted by atomic mass is 16.5. The Morgan fingerprint density at radius 3 is 2.38 bits per heavy atom. The number of amides is 2. The van der Waals surface area contributed by atoms with Gasteiger partial charge < -0.3 is 19.9 Å². The standard InChI is InChI=1S/C23H29N3O3/c1-4-17(2)18-9-5-6-10-19(18)24-22(27)23(28)26-15-13-25(14-16-26)20-11-7-8-12-21(20)29-3/h5-12,17H,4,13-16H2,1-3H3,(H,24,27). The quantitative estimate of drug-likeness (QED) is 0.787. The second kappa shape index (κ2) is 9.45. The van der Waals surface area contributed by atoms with Gasteiger partial charge in [0.15, 0.2) is 0 Å². The monoisotopic (exact) mass is 395 g/mol. The summed E-state index contributed by atoms with van der Waals surface area (Å²) in [5, 5.41) is 2.82. The van der Waals surface area contributed by atoms with Gasteiger partial charge in [-0.15, -0.1) is 0 Å². The molecule has 1 aliphatic heterocycles. The summed E-state index contributed by atoms with van der Waals surface area (Å²) in [6.07, 6.45) is 0.964. The molecule has 3 rings (SSSR count). The van der Waals surface area contributed by atoms with E-state index in [0.29, 0.717) is 37.8 Å². The first-order valence-electron chi connectivity index (χ1n) is 10.1. The zero-order chi connectivity index (χ0) is 20.8. The van der Waals surface area contributed by atoms with Gasteiger partial charge in [0, 0.05) is 31.9 Å². The Morgan fingerprint density at radius 1 is 1.03 bits per heavy atom. The lowest BCUT2D eigenvalue weighted by Gasteiger charge is -2.36. The Morgan fingerprint density at radius 2 is 1.69 bits per heavy atom. The predicted molar refractivity (Wildman–Crippen MR) is 116 cm³/mol. The average molecular weight is 396 g/mol. The number of hydrogen-bond donors (Lipinski definition) is 1. The first-order chi connectivity index (χ1) is 14.0. The van der Waals surface area contributed by atoms with Crippen molar-refractivity contribution in [3.05, 3.63) is 54.1 Å². The maximum absolute atomic E-state index is 12.7. The molecule has 2 aromatic rings. The van der Waals surface area contributed by atoms with Gasteiger partial charge in [-0.05, 0) is 36.1 Å². The van der Waals surface area contributed by atoms with Crippen LogP contribution in [-0.2, 0) is 9.59 Å². The average Bonchev–Trinajstić information content (AvgIpc) is 2.78. The molecule has 1 heterocycles. The third-order valence-corrected chi connectivity index (χ3v) is 5.54. The highest BCUT2D eigenvalue weighted by molar-refractivity contribution is 6.39. The fourth-order valence-electron chi connectivity index (χ4n) is 3.62. The zero-order valence-corrected chi connectivity index (χ0v) is 17.4. The summed E-state index contributed by atoms with van der Waals surface area (Å²) < 4.78 is 5.43. The van der Waals surface area contributed by atoms with Crippen molar-refractivity contribution >= 4 is 23.2 Å². The molecular weight excluding hydrogens is 366 g/mol. The van der Waals surface area contributed by atoms with E-state index >= 15 is 0 Å². The number of para-hydroxylation sites is 3. The van der Waals surface area contributed by atoms with E-state index in [-0.39, 0.29) is 0 Å². The Hall–Kier alpha value is -3.02. The van der Waals surface area contributed by atoms with Crippen molar-refractivity contribution in [2.24, 2.45) is 0 Å². The van der Waals surface area contributed by atoms with Gasteiger partial charge in [0.05, 0.1) is 12.8 Å². The van der Waals surface area contributed by atoms with E-state index < -0.39 is 11.8 Å². The van der Waals surface area contributed by atoms with Crippen molar-refractivity contribution in [3.63, 3.8) is 0 Å². The van der Waals surface area contributed by atoms with Crippen LogP contribution in [0.15, 0.2) is 48.5 Å². The van der Waals surface area contributed by atoms with Gasteiger partial charge in [-0.2, -0.15) is 0 Å². The molecule has 0 bridgehead atoms. The molecule has 0 aromatic heterocycles. The van der Waals surface area contributed by atoms with Gasteiger partial charge in [-0.1, -0.05) is 44.2 Å². The molecule has 0 aliphatic carbocycles. The highest BCUT2D eigenvalue weighted by Gasteiger charge is 2.27. The van der Waals surface area contributed by atoms with Gasteiger partial charge >= 0.3 is 11.8 Å². The van der Waals surface area contributed by atoms with Gasteiger partial charge in [-0.25, -0.2) is 0 Å². The number of piperazine rings is 1. The van der Waals surface area contributed by atoms with Crippen molar-refractivity contribution < 1.29 is 14.3 Å². The maximum atomic E-state index is 12.7. The molecule has 0 radical (unpaired) electrons. The molecule has 2 amide bonds. The number of ether oxygens (including phenoxy) is 1. The first-order valence-corrected chi connectivity index (χ1v) is 10.1. The molecule has 1 atom stereocenters.